The Hall–Kier alpha value is -4.64. The van der Waals surface area contributed by atoms with Gasteiger partial charge in [-0.05, 0) is 94.8 Å². The van der Waals surface area contributed by atoms with Crippen molar-refractivity contribution in [2.75, 3.05) is 5.32 Å². The van der Waals surface area contributed by atoms with Gasteiger partial charge >= 0.3 is 12.1 Å². The monoisotopic (exact) mass is 648 g/mol. The van der Waals surface area contributed by atoms with Gasteiger partial charge in [0, 0.05) is 36.8 Å². The highest BCUT2D eigenvalue weighted by Crippen LogP contribution is 2.34. The molecule has 1 fully saturated rings. The number of aliphatic imine (C=N–C) groups is 1. The number of fused-ring (bicyclic) bond motifs is 1. The van der Waals surface area contributed by atoms with Crippen LogP contribution in [0.2, 0.25) is 5.02 Å². The fraction of sp³-hybridized carbons (Fsp3) is 0.353. The highest BCUT2D eigenvalue weighted by Gasteiger charge is 2.26. The molecule has 10 nitrogen and oxygen atoms in total. The first-order valence-electron chi connectivity index (χ1n) is 15.1. The molecular formula is C34H38ClFN6O4. The summed E-state index contributed by atoms with van der Waals surface area (Å²) in [5.41, 5.74) is 10.9. The number of nitrogens with one attached hydrogen (secondary N) is 2. The average Bonchev–Trinajstić information content (AvgIpc) is 3.39. The third-order valence-electron chi connectivity index (χ3n) is 7.63. The Morgan fingerprint density at radius 2 is 1.80 bits per heavy atom. The molecule has 242 valence electrons. The fourth-order valence-corrected chi connectivity index (χ4v) is 5.72. The summed E-state index contributed by atoms with van der Waals surface area (Å²) in [6.45, 7) is 8.82. The van der Waals surface area contributed by atoms with Gasteiger partial charge in [0.05, 0.1) is 33.7 Å². The summed E-state index contributed by atoms with van der Waals surface area (Å²) >= 11 is 6.30. The SMILES string of the molecule is CC(=O)Oc1ccc(-c2cc3c(N[C@H]4CC[C@H](NC(=O)OC(C)(C)C)CC4)c(C(N)=Nc4cc(F)ccc4Cl)cnn3c2)c(C)c1. The number of nitrogens with zero attached hydrogens (tertiary/aromatic N) is 3. The molecule has 0 bridgehead atoms. The molecule has 0 saturated heterocycles. The maximum absolute atomic E-state index is 14.0. The number of hydrogen-bond donors (Lipinski definition) is 3. The molecule has 1 aliphatic rings. The lowest BCUT2D eigenvalue weighted by Gasteiger charge is -2.31. The highest BCUT2D eigenvalue weighted by molar-refractivity contribution is 6.33. The van der Waals surface area contributed by atoms with Crippen molar-refractivity contribution in [1.82, 2.24) is 14.9 Å². The summed E-state index contributed by atoms with van der Waals surface area (Å²) in [6.07, 6.45) is 6.20. The maximum Gasteiger partial charge on any atom is 0.407 e. The number of amidine groups is 1. The predicted octanol–water partition coefficient (Wildman–Crippen LogP) is 7.31. The standard InChI is InChI=1S/C34H38ClFN6O4/c1-19-14-25(45-20(2)43)11-12-26(19)21-15-30-31(39-23-7-9-24(10-8-23)40-33(44)46-34(3,4)5)27(17-38-42(30)18-21)32(37)41-29-16-22(36)6-13-28(29)35/h6,11-18,23-24,39H,7-10H2,1-5H3,(H2,37,41)(H,40,44)/t23-,24-. The van der Waals surface area contributed by atoms with Crippen LogP contribution in [0.3, 0.4) is 0 Å². The molecule has 5 rings (SSSR count). The van der Waals surface area contributed by atoms with Crippen LogP contribution in [0.15, 0.2) is 59.9 Å². The van der Waals surface area contributed by atoms with Gasteiger partial charge in [-0.15, -0.1) is 0 Å². The maximum atomic E-state index is 14.0. The smallest absolute Gasteiger partial charge is 0.407 e. The summed E-state index contributed by atoms with van der Waals surface area (Å²) < 4.78 is 26.5. The molecule has 1 aliphatic carbocycles. The quantitative estimate of drug-likeness (QED) is 0.0828. The highest BCUT2D eigenvalue weighted by atomic mass is 35.5. The van der Waals surface area contributed by atoms with Gasteiger partial charge in [-0.3, -0.25) is 4.79 Å². The minimum Gasteiger partial charge on any atom is -0.444 e. The molecule has 0 aliphatic heterocycles. The number of hydrogen-bond acceptors (Lipinski definition) is 7. The number of amides is 1. The largest absolute Gasteiger partial charge is 0.444 e. The van der Waals surface area contributed by atoms with E-state index in [1.54, 1.807) is 16.8 Å². The number of carbonyl (C=O) groups excluding carboxylic acids is 2. The van der Waals surface area contributed by atoms with Crippen LogP contribution in [0.4, 0.5) is 20.6 Å². The van der Waals surface area contributed by atoms with Crippen LogP contribution in [0.25, 0.3) is 16.6 Å². The van der Waals surface area contributed by atoms with E-state index in [-0.39, 0.29) is 34.6 Å². The van der Waals surface area contributed by atoms with Crippen molar-refractivity contribution in [3.05, 3.63) is 76.8 Å². The van der Waals surface area contributed by atoms with Crippen molar-refractivity contribution < 1.29 is 23.5 Å². The van der Waals surface area contributed by atoms with Crippen molar-refractivity contribution in [2.24, 2.45) is 10.7 Å². The third kappa shape index (κ3) is 7.95. The summed E-state index contributed by atoms with van der Waals surface area (Å²) in [4.78, 5) is 28.2. The lowest BCUT2D eigenvalue weighted by molar-refractivity contribution is -0.131. The first kappa shape index (κ1) is 32.7. The molecule has 2 aromatic heterocycles. The van der Waals surface area contributed by atoms with Crippen molar-refractivity contribution >= 4 is 46.4 Å². The summed E-state index contributed by atoms with van der Waals surface area (Å²) in [6, 6.07) is 11.5. The van der Waals surface area contributed by atoms with Crippen molar-refractivity contribution in [3.8, 4) is 16.9 Å². The van der Waals surface area contributed by atoms with Crippen molar-refractivity contribution in [3.63, 3.8) is 0 Å². The molecule has 0 spiro atoms. The number of aryl methyl sites for hydroxylation is 1. The second-order valence-corrected chi connectivity index (χ2v) is 12.9. The minimum absolute atomic E-state index is 0.00408. The van der Waals surface area contributed by atoms with E-state index < -0.39 is 17.5 Å². The van der Waals surface area contributed by atoms with Gasteiger partial charge in [-0.2, -0.15) is 5.10 Å². The van der Waals surface area contributed by atoms with E-state index in [1.165, 1.54) is 25.1 Å². The number of ether oxygens (including phenoxy) is 2. The molecule has 0 unspecified atom stereocenters. The van der Waals surface area contributed by atoms with Crippen LogP contribution in [0.1, 0.15) is 64.5 Å². The molecule has 12 heteroatoms. The van der Waals surface area contributed by atoms with Crippen LogP contribution in [-0.4, -0.2) is 45.2 Å². The zero-order chi connectivity index (χ0) is 33.2. The number of anilines is 1. The third-order valence-corrected chi connectivity index (χ3v) is 7.95. The Morgan fingerprint density at radius 1 is 1.09 bits per heavy atom. The Bertz CT molecular complexity index is 1810. The lowest BCUT2D eigenvalue weighted by atomic mass is 9.91. The number of benzene rings is 2. The van der Waals surface area contributed by atoms with Crippen LogP contribution in [0.5, 0.6) is 5.75 Å². The van der Waals surface area contributed by atoms with Gasteiger partial charge < -0.3 is 25.8 Å². The van der Waals surface area contributed by atoms with Gasteiger partial charge in [0.25, 0.3) is 0 Å². The van der Waals surface area contributed by atoms with E-state index in [0.717, 1.165) is 47.9 Å². The normalized spacial score (nSPS) is 17.1. The Morgan fingerprint density at radius 3 is 2.48 bits per heavy atom. The van der Waals surface area contributed by atoms with E-state index in [0.29, 0.717) is 17.0 Å². The van der Waals surface area contributed by atoms with Crippen molar-refractivity contribution in [2.45, 2.75) is 78.0 Å². The first-order valence-corrected chi connectivity index (χ1v) is 15.5. The van der Waals surface area contributed by atoms with E-state index in [1.807, 2.05) is 52.1 Å². The number of carbonyl (C=O) groups is 2. The molecule has 2 heterocycles. The predicted molar refractivity (Wildman–Crippen MR) is 178 cm³/mol. The van der Waals surface area contributed by atoms with E-state index in [4.69, 9.17) is 26.8 Å². The number of alkyl carbamates (subject to hydrolysis) is 1. The zero-order valence-electron chi connectivity index (χ0n) is 26.5. The van der Waals surface area contributed by atoms with E-state index in [9.17, 15) is 14.0 Å². The van der Waals surface area contributed by atoms with Crippen molar-refractivity contribution in [1.29, 1.82) is 0 Å². The van der Waals surface area contributed by atoms with Gasteiger partial charge in [-0.1, -0.05) is 17.7 Å². The Balaban J connectivity index is 1.47. The molecule has 4 N–H and O–H groups in total. The van der Waals surface area contributed by atoms with Gasteiger partial charge in [0.1, 0.15) is 23.0 Å². The summed E-state index contributed by atoms with van der Waals surface area (Å²) in [5.74, 6) is -0.277. The van der Waals surface area contributed by atoms with E-state index >= 15 is 0 Å². The van der Waals surface area contributed by atoms with Crippen LogP contribution in [-0.2, 0) is 9.53 Å². The summed E-state index contributed by atoms with van der Waals surface area (Å²) in [5, 5.41) is 11.5. The van der Waals surface area contributed by atoms with E-state index in [2.05, 4.69) is 20.7 Å². The minimum atomic E-state index is -0.567. The number of esters is 1. The van der Waals surface area contributed by atoms with Gasteiger partial charge in [-0.25, -0.2) is 18.7 Å². The van der Waals surface area contributed by atoms with Gasteiger partial charge in [0.2, 0.25) is 0 Å². The zero-order valence-corrected chi connectivity index (χ0v) is 27.2. The molecule has 4 aromatic rings. The molecule has 1 amide bonds. The topological polar surface area (TPSA) is 132 Å². The second kappa shape index (κ2) is 13.4. The lowest BCUT2D eigenvalue weighted by Crippen LogP contribution is -2.42. The fourth-order valence-electron chi connectivity index (χ4n) is 5.56. The molecule has 0 radical (unpaired) electrons. The number of halogens is 2. The average molecular weight is 649 g/mol. The Kier molecular flexibility index (Phi) is 9.52. The van der Waals surface area contributed by atoms with Crippen LogP contribution < -0.4 is 21.1 Å². The van der Waals surface area contributed by atoms with Gasteiger partial charge in [0.15, 0.2) is 0 Å². The molecule has 46 heavy (non-hydrogen) atoms. The molecule has 1 saturated carbocycles. The molecule has 0 atom stereocenters. The molecule has 2 aromatic carbocycles. The first-order chi connectivity index (χ1) is 21.8. The second-order valence-electron chi connectivity index (χ2n) is 12.5. The molecular weight excluding hydrogens is 611 g/mol. The number of rotatable bonds is 7. The summed E-state index contributed by atoms with van der Waals surface area (Å²) in [7, 11) is 0. The van der Waals surface area contributed by atoms with Crippen LogP contribution >= 0.6 is 11.6 Å². The number of nitrogens with two attached hydrogens (primary N) is 1. The Labute approximate surface area is 272 Å². The van der Waals surface area contributed by atoms with Crippen LogP contribution in [0, 0.1) is 12.7 Å². The number of aromatic nitrogens is 2.